The van der Waals surface area contributed by atoms with Crippen molar-refractivity contribution < 1.29 is 9.90 Å². The Balaban J connectivity index is 1.84. The van der Waals surface area contributed by atoms with Crippen molar-refractivity contribution in [1.82, 2.24) is 9.88 Å². The number of fused-ring (bicyclic) bond motifs is 1. The van der Waals surface area contributed by atoms with E-state index in [1.54, 1.807) is 12.4 Å². The molecule has 2 fully saturated rings. The Kier molecular flexibility index (Phi) is 3.94. The average Bonchev–Trinajstić information content (AvgIpc) is 2.81. The van der Waals surface area contributed by atoms with Crippen molar-refractivity contribution in [2.24, 2.45) is 5.92 Å². The van der Waals surface area contributed by atoms with Crippen LogP contribution in [0.5, 0.6) is 0 Å². The van der Waals surface area contributed by atoms with E-state index in [1.807, 2.05) is 6.07 Å². The molecule has 108 valence electrons. The van der Waals surface area contributed by atoms with Gasteiger partial charge in [-0.3, -0.25) is 14.7 Å². The molecule has 0 aromatic carbocycles. The topological polar surface area (TPSA) is 53.4 Å². The summed E-state index contributed by atoms with van der Waals surface area (Å²) in [6.45, 7) is 0.611. The molecule has 5 heteroatoms. The lowest BCUT2D eigenvalue weighted by atomic mass is 9.84. The van der Waals surface area contributed by atoms with Gasteiger partial charge in [0, 0.05) is 25.0 Å². The maximum Gasteiger partial charge on any atom is 0.320 e. The maximum atomic E-state index is 11.5. The number of likely N-dealkylation sites (tertiary alicyclic amines) is 1. The predicted octanol–water partition coefficient (Wildman–Crippen LogP) is 2.95. The number of hydrogen-bond acceptors (Lipinski definition) is 3. The summed E-state index contributed by atoms with van der Waals surface area (Å²) in [7, 11) is 0. The van der Waals surface area contributed by atoms with E-state index in [0.29, 0.717) is 23.5 Å². The lowest BCUT2D eigenvalue weighted by Crippen LogP contribution is -2.41. The zero-order chi connectivity index (χ0) is 14.1. The molecule has 1 N–H and O–H groups in total. The molecule has 0 unspecified atom stereocenters. The molecule has 1 saturated heterocycles. The fraction of sp³-hybridized carbons (Fsp3) is 0.600. The van der Waals surface area contributed by atoms with Gasteiger partial charge in [-0.15, -0.1) is 0 Å². The molecular formula is C15H19ClN2O2. The second-order valence-corrected chi connectivity index (χ2v) is 6.25. The van der Waals surface area contributed by atoms with Crippen LogP contribution in [0.15, 0.2) is 18.5 Å². The Morgan fingerprint density at radius 2 is 2.25 bits per heavy atom. The lowest BCUT2D eigenvalue weighted by molar-refractivity contribution is -0.142. The van der Waals surface area contributed by atoms with Gasteiger partial charge in [-0.05, 0) is 36.8 Å². The molecule has 1 saturated carbocycles. The van der Waals surface area contributed by atoms with Crippen molar-refractivity contribution in [2.45, 2.75) is 50.7 Å². The first-order chi connectivity index (χ1) is 9.66. The zero-order valence-corrected chi connectivity index (χ0v) is 12.1. The minimum atomic E-state index is -0.704. The molecule has 1 aromatic rings. The largest absolute Gasteiger partial charge is 0.480 e. The molecule has 1 aliphatic carbocycles. The number of hydrogen-bond donors (Lipinski definition) is 1. The van der Waals surface area contributed by atoms with E-state index in [0.717, 1.165) is 24.8 Å². The van der Waals surface area contributed by atoms with Crippen molar-refractivity contribution in [3.8, 4) is 0 Å². The molecule has 0 bridgehead atoms. The monoisotopic (exact) mass is 294 g/mol. The van der Waals surface area contributed by atoms with Gasteiger partial charge in [-0.2, -0.15) is 0 Å². The van der Waals surface area contributed by atoms with Crippen LogP contribution in [0.3, 0.4) is 0 Å². The summed E-state index contributed by atoms with van der Waals surface area (Å²) in [4.78, 5) is 17.7. The third-order valence-electron chi connectivity index (χ3n) is 4.72. The molecule has 0 radical (unpaired) electrons. The minimum absolute atomic E-state index is 0.368. The molecule has 3 rings (SSSR count). The van der Waals surface area contributed by atoms with Gasteiger partial charge in [0.15, 0.2) is 0 Å². The highest BCUT2D eigenvalue weighted by molar-refractivity contribution is 6.31. The molecule has 1 aromatic heterocycles. The van der Waals surface area contributed by atoms with Crippen LogP contribution in [0.25, 0.3) is 0 Å². The Bertz CT molecular complexity index is 508. The highest BCUT2D eigenvalue weighted by Gasteiger charge is 2.45. The molecule has 1 aliphatic heterocycles. The second kappa shape index (κ2) is 5.70. The van der Waals surface area contributed by atoms with Crippen LogP contribution < -0.4 is 0 Å². The fourth-order valence-corrected chi connectivity index (χ4v) is 3.93. The predicted molar refractivity (Wildman–Crippen MR) is 76.6 cm³/mol. The molecule has 0 amide bonds. The van der Waals surface area contributed by atoms with Gasteiger partial charge in [-0.1, -0.05) is 24.4 Å². The zero-order valence-electron chi connectivity index (χ0n) is 11.3. The third kappa shape index (κ3) is 2.54. The van der Waals surface area contributed by atoms with Gasteiger partial charge in [0.05, 0.1) is 5.02 Å². The van der Waals surface area contributed by atoms with Crippen LogP contribution in [-0.4, -0.2) is 33.0 Å². The van der Waals surface area contributed by atoms with Gasteiger partial charge < -0.3 is 5.11 Å². The Morgan fingerprint density at radius 1 is 1.45 bits per heavy atom. The van der Waals surface area contributed by atoms with Crippen molar-refractivity contribution in [3.05, 3.63) is 29.0 Å². The standard InChI is InChI=1S/C15H19ClN2O2/c16-12-8-17-6-5-11(12)9-18-13-4-2-1-3-10(13)7-14(18)15(19)20/h5-6,8,10,13-14H,1-4,7,9H2,(H,19,20)/t10-,13-,14+/m1/s1. The minimum Gasteiger partial charge on any atom is -0.480 e. The van der Waals surface area contributed by atoms with E-state index in [2.05, 4.69) is 9.88 Å². The van der Waals surface area contributed by atoms with Crippen LogP contribution in [0.1, 0.15) is 37.7 Å². The molecule has 2 aliphatic rings. The average molecular weight is 295 g/mol. The van der Waals surface area contributed by atoms with Gasteiger partial charge in [0.1, 0.15) is 6.04 Å². The van der Waals surface area contributed by atoms with Gasteiger partial charge in [0.25, 0.3) is 0 Å². The number of aromatic nitrogens is 1. The molecule has 2 heterocycles. The first-order valence-electron chi connectivity index (χ1n) is 7.23. The highest BCUT2D eigenvalue weighted by Crippen LogP contribution is 2.40. The van der Waals surface area contributed by atoms with E-state index >= 15 is 0 Å². The van der Waals surface area contributed by atoms with E-state index in [4.69, 9.17) is 11.6 Å². The number of carbonyl (C=O) groups is 1. The van der Waals surface area contributed by atoms with Crippen LogP contribution in [0.2, 0.25) is 5.02 Å². The number of halogens is 1. The second-order valence-electron chi connectivity index (χ2n) is 5.84. The highest BCUT2D eigenvalue weighted by atomic mass is 35.5. The van der Waals surface area contributed by atoms with Gasteiger partial charge in [-0.25, -0.2) is 0 Å². The first-order valence-corrected chi connectivity index (χ1v) is 7.61. The van der Waals surface area contributed by atoms with Gasteiger partial charge >= 0.3 is 5.97 Å². The van der Waals surface area contributed by atoms with E-state index < -0.39 is 5.97 Å². The smallest absolute Gasteiger partial charge is 0.320 e. The summed E-state index contributed by atoms with van der Waals surface area (Å²) >= 11 is 6.17. The van der Waals surface area contributed by atoms with Crippen LogP contribution >= 0.6 is 11.6 Å². The SMILES string of the molecule is O=C(O)[C@@H]1C[C@H]2CCCC[C@H]2N1Cc1ccncc1Cl. The Labute approximate surface area is 123 Å². The Hall–Kier alpha value is -1.13. The fourth-order valence-electron chi connectivity index (χ4n) is 3.75. The van der Waals surface area contributed by atoms with E-state index in [9.17, 15) is 9.90 Å². The number of rotatable bonds is 3. The number of carboxylic acids is 1. The maximum absolute atomic E-state index is 11.5. The summed E-state index contributed by atoms with van der Waals surface area (Å²) in [5.41, 5.74) is 0.971. The molecule has 4 nitrogen and oxygen atoms in total. The summed E-state index contributed by atoms with van der Waals surface area (Å²) in [6, 6.07) is 1.92. The van der Waals surface area contributed by atoms with Crippen molar-refractivity contribution in [2.75, 3.05) is 0 Å². The van der Waals surface area contributed by atoms with Crippen LogP contribution in [0.4, 0.5) is 0 Å². The lowest BCUT2D eigenvalue weighted by Gasteiger charge is -2.33. The molecule has 20 heavy (non-hydrogen) atoms. The Morgan fingerprint density at radius 3 is 3.00 bits per heavy atom. The quantitative estimate of drug-likeness (QED) is 0.931. The summed E-state index contributed by atoms with van der Waals surface area (Å²) < 4.78 is 0. The first kappa shape index (κ1) is 13.8. The molecule has 3 atom stereocenters. The third-order valence-corrected chi connectivity index (χ3v) is 5.06. The number of nitrogens with zero attached hydrogens (tertiary/aromatic N) is 2. The normalized spacial score (nSPS) is 30.1. The van der Waals surface area contributed by atoms with E-state index in [1.165, 1.54) is 12.8 Å². The van der Waals surface area contributed by atoms with E-state index in [-0.39, 0.29) is 6.04 Å². The van der Waals surface area contributed by atoms with Crippen molar-refractivity contribution in [3.63, 3.8) is 0 Å². The number of carboxylic acid groups (broad SMARTS) is 1. The van der Waals surface area contributed by atoms with Crippen LogP contribution in [0, 0.1) is 5.92 Å². The summed E-state index contributed by atoms with van der Waals surface area (Å²) in [6.07, 6.45) is 8.83. The summed E-state index contributed by atoms with van der Waals surface area (Å²) in [5.74, 6) is -0.171. The van der Waals surface area contributed by atoms with Crippen molar-refractivity contribution in [1.29, 1.82) is 0 Å². The van der Waals surface area contributed by atoms with Gasteiger partial charge in [0.2, 0.25) is 0 Å². The summed E-state index contributed by atoms with van der Waals surface area (Å²) in [5, 5.41) is 10.1. The van der Waals surface area contributed by atoms with Crippen molar-refractivity contribution >= 4 is 17.6 Å². The molecule has 0 spiro atoms. The molecular weight excluding hydrogens is 276 g/mol. The number of aliphatic carboxylic acids is 1. The number of pyridine rings is 1. The van der Waals surface area contributed by atoms with Crippen LogP contribution in [-0.2, 0) is 11.3 Å².